The van der Waals surface area contributed by atoms with Crippen molar-refractivity contribution in [2.75, 3.05) is 26.4 Å². The number of rotatable bonds is 13. The van der Waals surface area contributed by atoms with Crippen LogP contribution >= 0.6 is 0 Å². The van der Waals surface area contributed by atoms with E-state index in [9.17, 15) is 0 Å². The maximum absolute atomic E-state index is 8.75. The van der Waals surface area contributed by atoms with E-state index in [0.717, 1.165) is 32.7 Å². The molecule has 1 heterocycles. The third-order valence-corrected chi connectivity index (χ3v) is 4.51. The molecule has 1 rings (SSSR count). The molecule has 2 unspecified atom stereocenters. The number of aliphatic hydroxyl groups excluding tert-OH is 1. The molecular weight excluding hydrogens is 276 g/mol. The van der Waals surface area contributed by atoms with Crippen LogP contribution < -0.4 is 0 Å². The number of hydrogen-bond donors (Lipinski definition) is 1. The number of aliphatic hydroxyl groups is 1. The van der Waals surface area contributed by atoms with Gasteiger partial charge in [-0.25, -0.2) is 0 Å². The van der Waals surface area contributed by atoms with Crippen molar-refractivity contribution < 1.29 is 14.6 Å². The smallest absolute Gasteiger partial charge is 0.115 e. The molecule has 22 heavy (non-hydrogen) atoms. The van der Waals surface area contributed by atoms with E-state index < -0.39 is 0 Å². The summed E-state index contributed by atoms with van der Waals surface area (Å²) in [5.41, 5.74) is 0.116. The SMILES string of the molecule is CCCCC(CC)CO.CCCCCCOCC1(CC)CO1. The normalized spacial score (nSPS) is 21.1. The van der Waals surface area contributed by atoms with Crippen LogP contribution in [0.15, 0.2) is 0 Å². The van der Waals surface area contributed by atoms with E-state index in [4.69, 9.17) is 14.6 Å². The monoisotopic (exact) mass is 316 g/mol. The lowest BCUT2D eigenvalue weighted by molar-refractivity contribution is 0.0743. The molecular formula is C19H40O3. The Balaban J connectivity index is 0.000000433. The standard InChI is InChI=1S/C11H22O2.C8H18O/c1-3-5-6-7-8-12-9-11(4-2)10-13-11;1-3-5-6-8(4-2)7-9/h3-10H2,1-2H3;8-9H,3-7H2,1-2H3. The van der Waals surface area contributed by atoms with Crippen LogP contribution in [0.3, 0.4) is 0 Å². The van der Waals surface area contributed by atoms with Crippen LogP contribution in [-0.4, -0.2) is 37.1 Å². The summed E-state index contributed by atoms with van der Waals surface area (Å²) in [5.74, 6) is 0.560. The zero-order valence-electron chi connectivity index (χ0n) is 15.5. The number of epoxide rings is 1. The van der Waals surface area contributed by atoms with Crippen LogP contribution in [0.1, 0.15) is 85.5 Å². The molecule has 1 saturated heterocycles. The van der Waals surface area contributed by atoms with Gasteiger partial charge in [0.1, 0.15) is 5.60 Å². The molecule has 1 fully saturated rings. The highest BCUT2D eigenvalue weighted by molar-refractivity contribution is 4.90. The maximum atomic E-state index is 8.75. The summed E-state index contributed by atoms with van der Waals surface area (Å²) in [5, 5.41) is 8.75. The molecule has 3 heteroatoms. The van der Waals surface area contributed by atoms with Gasteiger partial charge in [0, 0.05) is 13.2 Å². The summed E-state index contributed by atoms with van der Waals surface area (Å²) in [6.07, 6.45) is 11.0. The Morgan fingerprint density at radius 3 is 2.18 bits per heavy atom. The number of hydrogen-bond acceptors (Lipinski definition) is 3. The lowest BCUT2D eigenvalue weighted by atomic mass is 10.0. The second kappa shape index (κ2) is 14.5. The Labute approximate surface area is 138 Å². The molecule has 0 aromatic heterocycles. The molecule has 0 aromatic rings. The Hall–Kier alpha value is -0.120. The van der Waals surface area contributed by atoms with E-state index >= 15 is 0 Å². The summed E-state index contributed by atoms with van der Waals surface area (Å²) in [6.45, 7) is 11.7. The zero-order valence-corrected chi connectivity index (χ0v) is 15.5. The summed E-state index contributed by atoms with van der Waals surface area (Å²) >= 11 is 0. The van der Waals surface area contributed by atoms with Crippen molar-refractivity contribution in [3.05, 3.63) is 0 Å². The Morgan fingerprint density at radius 2 is 1.73 bits per heavy atom. The quantitative estimate of drug-likeness (QED) is 0.386. The minimum absolute atomic E-state index is 0.116. The van der Waals surface area contributed by atoms with Crippen LogP contribution in [0.4, 0.5) is 0 Å². The predicted molar refractivity (Wildman–Crippen MR) is 94.3 cm³/mol. The van der Waals surface area contributed by atoms with Gasteiger partial charge in [-0.05, 0) is 25.2 Å². The molecule has 1 N–H and O–H groups in total. The molecule has 0 spiro atoms. The van der Waals surface area contributed by atoms with Gasteiger partial charge in [0.2, 0.25) is 0 Å². The summed E-state index contributed by atoms with van der Waals surface area (Å²) in [6, 6.07) is 0. The van der Waals surface area contributed by atoms with E-state index in [-0.39, 0.29) is 5.60 Å². The molecule has 0 saturated carbocycles. The van der Waals surface area contributed by atoms with Gasteiger partial charge in [-0.3, -0.25) is 0 Å². The van der Waals surface area contributed by atoms with Crippen LogP contribution in [0, 0.1) is 5.92 Å². The summed E-state index contributed by atoms with van der Waals surface area (Å²) in [4.78, 5) is 0. The minimum atomic E-state index is 0.116. The van der Waals surface area contributed by atoms with E-state index in [1.807, 2.05) is 0 Å². The van der Waals surface area contributed by atoms with Crippen LogP contribution in [0.5, 0.6) is 0 Å². The molecule has 0 bridgehead atoms. The highest BCUT2D eigenvalue weighted by Crippen LogP contribution is 2.30. The second-order valence-electron chi connectivity index (χ2n) is 6.54. The topological polar surface area (TPSA) is 42.0 Å². The van der Waals surface area contributed by atoms with E-state index in [1.165, 1.54) is 44.9 Å². The Kier molecular flexibility index (Phi) is 14.4. The van der Waals surface area contributed by atoms with Crippen molar-refractivity contribution >= 4 is 0 Å². The largest absolute Gasteiger partial charge is 0.396 e. The first-order valence-electron chi connectivity index (χ1n) is 9.50. The van der Waals surface area contributed by atoms with Crippen molar-refractivity contribution in [3.63, 3.8) is 0 Å². The summed E-state index contributed by atoms with van der Waals surface area (Å²) in [7, 11) is 0. The van der Waals surface area contributed by atoms with Gasteiger partial charge in [-0.1, -0.05) is 66.2 Å². The fraction of sp³-hybridized carbons (Fsp3) is 1.00. The molecule has 3 nitrogen and oxygen atoms in total. The Morgan fingerprint density at radius 1 is 1.05 bits per heavy atom. The Bertz CT molecular complexity index is 223. The fourth-order valence-electron chi connectivity index (χ4n) is 2.30. The van der Waals surface area contributed by atoms with Gasteiger partial charge in [-0.2, -0.15) is 0 Å². The fourth-order valence-corrected chi connectivity index (χ4v) is 2.30. The predicted octanol–water partition coefficient (Wildman–Crippen LogP) is 4.96. The van der Waals surface area contributed by atoms with Gasteiger partial charge in [0.05, 0.1) is 13.2 Å². The van der Waals surface area contributed by atoms with Crippen molar-refractivity contribution in [3.8, 4) is 0 Å². The van der Waals surface area contributed by atoms with Gasteiger partial charge < -0.3 is 14.6 Å². The van der Waals surface area contributed by atoms with Crippen LogP contribution in [0.2, 0.25) is 0 Å². The maximum Gasteiger partial charge on any atom is 0.115 e. The molecule has 1 aliphatic rings. The minimum Gasteiger partial charge on any atom is -0.396 e. The molecule has 1 aliphatic heterocycles. The van der Waals surface area contributed by atoms with Gasteiger partial charge in [0.25, 0.3) is 0 Å². The molecule has 134 valence electrons. The zero-order chi connectivity index (χ0) is 16.7. The average Bonchev–Trinajstić information content (AvgIpc) is 3.33. The molecule has 0 radical (unpaired) electrons. The van der Waals surface area contributed by atoms with Crippen molar-refractivity contribution in [2.45, 2.75) is 91.1 Å². The molecule has 0 aliphatic carbocycles. The van der Waals surface area contributed by atoms with Gasteiger partial charge in [0.15, 0.2) is 0 Å². The lowest BCUT2D eigenvalue weighted by Gasteiger charge is -2.09. The van der Waals surface area contributed by atoms with Crippen LogP contribution in [0.25, 0.3) is 0 Å². The van der Waals surface area contributed by atoms with E-state index in [0.29, 0.717) is 12.5 Å². The van der Waals surface area contributed by atoms with Crippen molar-refractivity contribution in [2.24, 2.45) is 5.92 Å². The lowest BCUT2D eigenvalue weighted by Crippen LogP contribution is -2.18. The number of unbranched alkanes of at least 4 members (excludes halogenated alkanes) is 4. The highest BCUT2D eigenvalue weighted by Gasteiger charge is 2.42. The number of ether oxygens (including phenoxy) is 2. The second-order valence-corrected chi connectivity index (χ2v) is 6.54. The summed E-state index contributed by atoms with van der Waals surface area (Å²) < 4.78 is 10.9. The first-order chi connectivity index (χ1) is 10.7. The third kappa shape index (κ3) is 11.4. The molecule has 0 aromatic carbocycles. The van der Waals surface area contributed by atoms with Gasteiger partial charge in [-0.15, -0.1) is 0 Å². The molecule has 0 amide bonds. The van der Waals surface area contributed by atoms with Crippen LogP contribution in [-0.2, 0) is 9.47 Å². The first kappa shape index (κ1) is 21.9. The van der Waals surface area contributed by atoms with E-state index in [2.05, 4.69) is 27.7 Å². The van der Waals surface area contributed by atoms with Crippen molar-refractivity contribution in [1.82, 2.24) is 0 Å². The first-order valence-corrected chi connectivity index (χ1v) is 9.50. The average molecular weight is 317 g/mol. The van der Waals surface area contributed by atoms with Crippen molar-refractivity contribution in [1.29, 1.82) is 0 Å². The third-order valence-electron chi connectivity index (χ3n) is 4.51. The highest BCUT2D eigenvalue weighted by atomic mass is 16.6. The van der Waals surface area contributed by atoms with Gasteiger partial charge >= 0.3 is 0 Å². The van der Waals surface area contributed by atoms with E-state index in [1.54, 1.807) is 0 Å². The molecule has 2 atom stereocenters.